The maximum atomic E-state index is 12.5. The van der Waals surface area contributed by atoms with Gasteiger partial charge in [0.15, 0.2) is 11.2 Å². The van der Waals surface area contributed by atoms with Crippen molar-refractivity contribution in [1.82, 2.24) is 4.68 Å². The van der Waals surface area contributed by atoms with Crippen LogP contribution in [0, 0.1) is 0 Å². The molecule has 6 nitrogen and oxygen atoms in total. The van der Waals surface area contributed by atoms with Crippen molar-refractivity contribution in [3.63, 3.8) is 0 Å². The van der Waals surface area contributed by atoms with Gasteiger partial charge in [-0.1, -0.05) is 11.6 Å². The minimum atomic E-state index is -0.270. The smallest absolute Gasteiger partial charge is 0.193 e. The van der Waals surface area contributed by atoms with Gasteiger partial charge in [-0.15, -0.1) is 0 Å². The number of ketones is 1. The second-order valence-corrected chi connectivity index (χ2v) is 8.43. The second-order valence-electron chi connectivity index (χ2n) is 8.03. The van der Waals surface area contributed by atoms with E-state index in [1.165, 1.54) is 6.92 Å². The van der Waals surface area contributed by atoms with Gasteiger partial charge in [-0.2, -0.15) is 0 Å². The van der Waals surface area contributed by atoms with Gasteiger partial charge in [0, 0.05) is 38.0 Å². The van der Waals surface area contributed by atoms with Crippen LogP contribution < -0.4 is 15.2 Å². The number of methoxy groups -OCH3 is 1. The predicted octanol–water partition coefficient (Wildman–Crippen LogP) is 3.79. The summed E-state index contributed by atoms with van der Waals surface area (Å²) < 4.78 is 12.9. The Morgan fingerprint density at radius 2 is 2.00 bits per heavy atom. The van der Waals surface area contributed by atoms with E-state index in [2.05, 4.69) is 11.9 Å². The molecule has 0 saturated heterocycles. The number of ether oxygens (including phenoxy) is 2. The van der Waals surface area contributed by atoms with Gasteiger partial charge in [-0.25, -0.2) is 0 Å². The number of fused-ring (bicyclic) bond motifs is 3. The number of halogens is 1. The zero-order valence-electron chi connectivity index (χ0n) is 17.0. The number of nitrogens with zero attached hydrogens (tertiary/aromatic N) is 2. The molecule has 4 rings (SSSR count). The average molecular weight is 417 g/mol. The summed E-state index contributed by atoms with van der Waals surface area (Å²) >= 11 is 6.49. The van der Waals surface area contributed by atoms with Gasteiger partial charge in [0.05, 0.1) is 35.0 Å². The van der Waals surface area contributed by atoms with Crippen molar-refractivity contribution < 1.29 is 14.3 Å². The zero-order valence-corrected chi connectivity index (χ0v) is 17.7. The molecule has 0 atom stereocenters. The first kappa shape index (κ1) is 20.0. The summed E-state index contributed by atoms with van der Waals surface area (Å²) in [4.78, 5) is 24.5. The molecule has 2 aromatic rings. The van der Waals surface area contributed by atoms with Gasteiger partial charge >= 0.3 is 0 Å². The number of pyridine rings is 1. The SMILES string of the molecule is COCCCOc1cc2c(cc1Cl)-c1cc(=O)c(C(C)=O)cn1N(C1(C)CC1)C2. The third-order valence-corrected chi connectivity index (χ3v) is 6.07. The standard InChI is InChI=1S/C22H25ClN2O4/c1-14(26)17-13-24-19(11-20(17)27)16-10-18(23)21(29-8-4-7-28-3)9-15(16)12-25(24)22(2)5-6-22/h9-11,13H,4-8,12H2,1-3H3. The van der Waals surface area contributed by atoms with Crippen LogP contribution in [0.15, 0.2) is 29.2 Å². The monoisotopic (exact) mass is 416 g/mol. The predicted molar refractivity (Wildman–Crippen MR) is 113 cm³/mol. The Bertz CT molecular complexity index is 1030. The summed E-state index contributed by atoms with van der Waals surface area (Å²) in [6.07, 6.45) is 4.59. The van der Waals surface area contributed by atoms with Gasteiger partial charge < -0.3 is 14.5 Å². The third kappa shape index (κ3) is 3.67. The summed E-state index contributed by atoms with van der Waals surface area (Å²) in [6.45, 7) is 5.43. The lowest BCUT2D eigenvalue weighted by Crippen LogP contribution is -2.47. The van der Waals surface area contributed by atoms with Crippen LogP contribution in [0.5, 0.6) is 5.75 Å². The van der Waals surface area contributed by atoms with E-state index < -0.39 is 0 Å². The molecule has 2 aliphatic rings. The van der Waals surface area contributed by atoms with Gasteiger partial charge in [0.2, 0.25) is 0 Å². The van der Waals surface area contributed by atoms with Crippen LogP contribution in [-0.4, -0.2) is 36.3 Å². The fourth-order valence-electron chi connectivity index (χ4n) is 3.78. The fourth-order valence-corrected chi connectivity index (χ4v) is 4.00. The molecule has 2 heterocycles. The first-order valence-corrected chi connectivity index (χ1v) is 10.2. The summed E-state index contributed by atoms with van der Waals surface area (Å²) in [7, 11) is 1.66. The lowest BCUT2D eigenvalue weighted by atomic mass is 9.99. The molecule has 0 unspecified atom stereocenters. The molecule has 0 amide bonds. The Labute approximate surface area is 175 Å². The lowest BCUT2D eigenvalue weighted by Gasteiger charge is -2.40. The van der Waals surface area contributed by atoms with Crippen molar-refractivity contribution in [2.24, 2.45) is 0 Å². The molecule has 1 aromatic heterocycles. The highest BCUT2D eigenvalue weighted by Crippen LogP contribution is 2.45. The topological polar surface area (TPSA) is 60.8 Å². The molecule has 0 radical (unpaired) electrons. The minimum Gasteiger partial charge on any atom is -0.492 e. The Kier molecular flexibility index (Phi) is 5.17. The average Bonchev–Trinajstić information content (AvgIpc) is 3.43. The summed E-state index contributed by atoms with van der Waals surface area (Å²) in [5.74, 6) is 0.411. The van der Waals surface area contributed by atoms with Crippen LogP contribution in [0.4, 0.5) is 0 Å². The Morgan fingerprint density at radius 1 is 1.24 bits per heavy atom. The summed E-state index contributed by atoms with van der Waals surface area (Å²) in [6, 6.07) is 5.37. The number of benzene rings is 1. The molecule has 1 aliphatic heterocycles. The minimum absolute atomic E-state index is 0.00862. The molecule has 0 N–H and O–H groups in total. The van der Waals surface area contributed by atoms with Gasteiger partial charge in [-0.05, 0) is 44.4 Å². The Hall–Kier alpha value is -2.31. The molecular weight excluding hydrogens is 392 g/mol. The number of aromatic nitrogens is 1. The van der Waals surface area contributed by atoms with Crippen LogP contribution in [0.1, 0.15) is 49.0 Å². The molecule has 1 aromatic carbocycles. The van der Waals surface area contributed by atoms with E-state index in [4.69, 9.17) is 21.1 Å². The number of Topliss-reactive ketones (excluding diaryl/α,β-unsaturated/α-hetero) is 1. The third-order valence-electron chi connectivity index (χ3n) is 5.77. The van der Waals surface area contributed by atoms with Crippen molar-refractivity contribution >= 4 is 17.4 Å². The second kappa shape index (κ2) is 7.50. The van der Waals surface area contributed by atoms with E-state index in [9.17, 15) is 9.59 Å². The van der Waals surface area contributed by atoms with Crippen LogP contribution in [-0.2, 0) is 11.3 Å². The lowest BCUT2D eigenvalue weighted by molar-refractivity contribution is 0.101. The Balaban J connectivity index is 1.79. The summed E-state index contributed by atoms with van der Waals surface area (Å²) in [5, 5.41) is 2.74. The van der Waals surface area contributed by atoms with Gasteiger partial charge in [-0.3, -0.25) is 14.3 Å². The van der Waals surface area contributed by atoms with Crippen molar-refractivity contribution in [3.8, 4) is 17.0 Å². The van der Waals surface area contributed by atoms with Crippen molar-refractivity contribution in [2.45, 2.75) is 45.2 Å². The molecule has 1 fully saturated rings. The normalized spacial score (nSPS) is 16.2. The maximum Gasteiger partial charge on any atom is 0.193 e. The number of carbonyl (C=O) groups excluding carboxylic acids is 1. The fraction of sp³-hybridized carbons (Fsp3) is 0.455. The highest BCUT2D eigenvalue weighted by atomic mass is 35.5. The van der Waals surface area contributed by atoms with E-state index in [1.54, 1.807) is 19.4 Å². The zero-order chi connectivity index (χ0) is 20.8. The Morgan fingerprint density at radius 3 is 2.66 bits per heavy atom. The van der Waals surface area contributed by atoms with Crippen molar-refractivity contribution in [2.75, 3.05) is 25.3 Å². The van der Waals surface area contributed by atoms with Crippen LogP contribution in [0.25, 0.3) is 11.3 Å². The first-order valence-electron chi connectivity index (χ1n) is 9.84. The van der Waals surface area contributed by atoms with Crippen LogP contribution in [0.2, 0.25) is 5.02 Å². The molecular formula is C22H25ClN2O4. The first-order chi connectivity index (χ1) is 13.8. The van der Waals surface area contributed by atoms with Gasteiger partial charge in [0.25, 0.3) is 0 Å². The molecule has 29 heavy (non-hydrogen) atoms. The molecule has 0 bridgehead atoms. The summed E-state index contributed by atoms with van der Waals surface area (Å²) in [5.41, 5.74) is 2.65. The molecule has 0 spiro atoms. The maximum absolute atomic E-state index is 12.5. The van der Waals surface area contributed by atoms with E-state index in [1.807, 2.05) is 16.8 Å². The number of rotatable bonds is 7. The number of carbonyl (C=O) groups is 1. The van der Waals surface area contributed by atoms with Gasteiger partial charge in [0.1, 0.15) is 5.75 Å². The highest BCUT2D eigenvalue weighted by Gasteiger charge is 2.46. The van der Waals surface area contributed by atoms with Crippen molar-refractivity contribution in [3.05, 3.63) is 50.8 Å². The molecule has 1 aliphatic carbocycles. The largest absolute Gasteiger partial charge is 0.492 e. The van der Waals surface area contributed by atoms with E-state index in [-0.39, 0.29) is 22.3 Å². The highest BCUT2D eigenvalue weighted by molar-refractivity contribution is 6.32. The van der Waals surface area contributed by atoms with Crippen LogP contribution in [0.3, 0.4) is 0 Å². The quantitative estimate of drug-likeness (QED) is 0.507. The van der Waals surface area contributed by atoms with E-state index in [0.29, 0.717) is 30.5 Å². The molecule has 154 valence electrons. The molecule has 7 heteroatoms. The van der Waals surface area contributed by atoms with E-state index in [0.717, 1.165) is 36.1 Å². The van der Waals surface area contributed by atoms with Crippen molar-refractivity contribution in [1.29, 1.82) is 0 Å². The van der Waals surface area contributed by atoms with E-state index >= 15 is 0 Å². The van der Waals surface area contributed by atoms with Crippen LogP contribution >= 0.6 is 11.6 Å². The number of hydrogen-bond donors (Lipinski definition) is 0. The number of hydrogen-bond acceptors (Lipinski definition) is 5. The molecule has 1 saturated carbocycles.